The van der Waals surface area contributed by atoms with Crippen LogP contribution >= 0.6 is 11.3 Å². The SMILES string of the molecule is Cc1cccc(N2C(=O)C(O)=C(C(=O)C(C)C)C2c2sccc2C)c1. The summed E-state index contributed by atoms with van der Waals surface area (Å²) in [7, 11) is 0. The summed E-state index contributed by atoms with van der Waals surface area (Å²) in [4.78, 5) is 28.1. The Kier molecular flexibility index (Phi) is 4.52. The lowest BCUT2D eigenvalue weighted by molar-refractivity contribution is -0.119. The second-order valence-corrected chi connectivity index (χ2v) is 7.61. The number of aryl methyl sites for hydroxylation is 2. The minimum atomic E-state index is -0.579. The van der Waals surface area contributed by atoms with Crippen LogP contribution in [0.25, 0.3) is 0 Å². The van der Waals surface area contributed by atoms with E-state index in [-0.39, 0.29) is 17.3 Å². The molecule has 0 fully saturated rings. The number of nitrogens with zero attached hydrogens (tertiary/aromatic N) is 1. The van der Waals surface area contributed by atoms with Crippen molar-refractivity contribution in [2.45, 2.75) is 33.7 Å². The number of amides is 1. The lowest BCUT2D eigenvalue weighted by atomic mass is 9.93. The lowest BCUT2D eigenvalue weighted by Crippen LogP contribution is -2.31. The predicted octanol–water partition coefficient (Wildman–Crippen LogP) is 4.49. The van der Waals surface area contributed by atoms with Crippen molar-refractivity contribution in [2.24, 2.45) is 5.92 Å². The highest BCUT2D eigenvalue weighted by Gasteiger charge is 2.45. The van der Waals surface area contributed by atoms with Crippen LogP contribution in [0.15, 0.2) is 47.0 Å². The number of aliphatic hydroxyl groups excluding tert-OH is 1. The van der Waals surface area contributed by atoms with Crippen LogP contribution in [-0.4, -0.2) is 16.8 Å². The smallest absolute Gasteiger partial charge is 0.294 e. The molecule has 1 aromatic heterocycles. The first-order chi connectivity index (χ1) is 11.8. The van der Waals surface area contributed by atoms with E-state index in [9.17, 15) is 14.7 Å². The minimum Gasteiger partial charge on any atom is -0.503 e. The van der Waals surface area contributed by atoms with Crippen molar-refractivity contribution >= 4 is 28.7 Å². The fourth-order valence-electron chi connectivity index (χ4n) is 3.12. The molecule has 0 radical (unpaired) electrons. The number of hydrogen-bond acceptors (Lipinski definition) is 4. The molecule has 0 saturated carbocycles. The Morgan fingerprint density at radius 2 is 1.96 bits per heavy atom. The molecular weight excluding hydrogens is 334 g/mol. The third kappa shape index (κ3) is 2.89. The number of Topliss-reactive ketones (excluding diaryl/α,β-unsaturated/α-hetero) is 1. The Hall–Kier alpha value is -2.40. The van der Waals surface area contributed by atoms with Crippen LogP contribution in [0.3, 0.4) is 0 Å². The van der Waals surface area contributed by atoms with Gasteiger partial charge in [-0.1, -0.05) is 26.0 Å². The number of carbonyl (C=O) groups is 2. The molecule has 2 heterocycles. The lowest BCUT2D eigenvalue weighted by Gasteiger charge is -2.27. The van der Waals surface area contributed by atoms with E-state index >= 15 is 0 Å². The summed E-state index contributed by atoms with van der Waals surface area (Å²) in [6, 6.07) is 8.93. The normalized spacial score (nSPS) is 17.7. The Balaban J connectivity index is 2.21. The Labute approximate surface area is 151 Å². The Morgan fingerprint density at radius 3 is 2.52 bits per heavy atom. The summed E-state index contributed by atoms with van der Waals surface area (Å²) in [6.45, 7) is 7.46. The van der Waals surface area contributed by atoms with E-state index in [0.29, 0.717) is 5.69 Å². The number of benzene rings is 1. The summed E-state index contributed by atoms with van der Waals surface area (Å²) >= 11 is 1.49. The quantitative estimate of drug-likeness (QED) is 0.879. The van der Waals surface area contributed by atoms with Gasteiger partial charge in [0.15, 0.2) is 11.5 Å². The maximum Gasteiger partial charge on any atom is 0.294 e. The van der Waals surface area contributed by atoms with Crippen molar-refractivity contribution in [2.75, 3.05) is 4.90 Å². The summed E-state index contributed by atoms with van der Waals surface area (Å²) in [6.07, 6.45) is 0. The molecule has 25 heavy (non-hydrogen) atoms. The van der Waals surface area contributed by atoms with Crippen molar-refractivity contribution in [1.82, 2.24) is 0 Å². The molecule has 0 aliphatic carbocycles. The number of thiophene rings is 1. The first kappa shape index (κ1) is 17.4. The maximum atomic E-state index is 12.8. The summed E-state index contributed by atoms with van der Waals surface area (Å²) in [5.41, 5.74) is 2.90. The average molecular weight is 355 g/mol. The van der Waals surface area contributed by atoms with Gasteiger partial charge in [-0.2, -0.15) is 0 Å². The topological polar surface area (TPSA) is 57.6 Å². The maximum absolute atomic E-state index is 12.8. The van der Waals surface area contributed by atoms with E-state index in [1.54, 1.807) is 13.8 Å². The van der Waals surface area contributed by atoms with Crippen LogP contribution in [0.4, 0.5) is 5.69 Å². The van der Waals surface area contributed by atoms with Gasteiger partial charge in [0, 0.05) is 16.5 Å². The van der Waals surface area contributed by atoms with Crippen LogP contribution < -0.4 is 4.90 Å². The van der Waals surface area contributed by atoms with Crippen molar-refractivity contribution < 1.29 is 14.7 Å². The van der Waals surface area contributed by atoms with Crippen LogP contribution in [0, 0.1) is 19.8 Å². The molecule has 1 unspecified atom stereocenters. The van der Waals surface area contributed by atoms with Gasteiger partial charge >= 0.3 is 0 Å². The molecule has 1 N–H and O–H groups in total. The standard InChI is InChI=1S/C20H21NO3S/c1-11(2)17(22)15-16(19-13(4)8-9-25-19)21(20(24)18(15)23)14-7-5-6-12(3)10-14/h5-11,16,23H,1-4H3. The molecule has 2 aromatic rings. The molecule has 3 rings (SSSR count). The van der Waals surface area contributed by atoms with E-state index in [0.717, 1.165) is 16.0 Å². The number of ketones is 1. The highest BCUT2D eigenvalue weighted by Crippen LogP contribution is 2.44. The molecule has 1 amide bonds. The summed E-state index contributed by atoms with van der Waals surface area (Å²) in [5, 5.41) is 12.5. The molecule has 5 heteroatoms. The van der Waals surface area contributed by atoms with E-state index in [4.69, 9.17) is 0 Å². The van der Waals surface area contributed by atoms with Crippen LogP contribution in [0.1, 0.15) is 35.9 Å². The zero-order chi connectivity index (χ0) is 18.3. The first-order valence-electron chi connectivity index (χ1n) is 8.24. The molecule has 130 valence electrons. The zero-order valence-electron chi connectivity index (χ0n) is 14.7. The summed E-state index contributed by atoms with van der Waals surface area (Å²) < 4.78 is 0. The van der Waals surface area contributed by atoms with Crippen LogP contribution in [-0.2, 0) is 9.59 Å². The van der Waals surface area contributed by atoms with Crippen LogP contribution in [0.2, 0.25) is 0 Å². The molecule has 1 aliphatic heterocycles. The van der Waals surface area contributed by atoms with Gasteiger partial charge in [-0.05, 0) is 48.6 Å². The number of carbonyl (C=O) groups excluding carboxylic acids is 2. The first-order valence-corrected chi connectivity index (χ1v) is 9.12. The molecule has 0 saturated heterocycles. The van der Waals surface area contributed by atoms with Gasteiger partial charge in [0.25, 0.3) is 5.91 Å². The number of anilines is 1. The second kappa shape index (κ2) is 6.48. The van der Waals surface area contributed by atoms with Gasteiger partial charge in [-0.3, -0.25) is 14.5 Å². The van der Waals surface area contributed by atoms with E-state index in [1.165, 1.54) is 16.2 Å². The van der Waals surface area contributed by atoms with Crippen molar-refractivity contribution in [1.29, 1.82) is 0 Å². The van der Waals surface area contributed by atoms with Gasteiger partial charge in [0.2, 0.25) is 0 Å². The average Bonchev–Trinajstić information content (AvgIpc) is 3.08. The van der Waals surface area contributed by atoms with Crippen molar-refractivity contribution in [3.8, 4) is 0 Å². The summed E-state index contributed by atoms with van der Waals surface area (Å²) in [5.74, 6) is -1.45. The monoisotopic (exact) mass is 355 g/mol. The molecule has 1 aromatic carbocycles. The van der Waals surface area contributed by atoms with E-state index in [1.807, 2.05) is 49.6 Å². The highest BCUT2D eigenvalue weighted by atomic mass is 32.1. The van der Waals surface area contributed by atoms with Gasteiger partial charge in [-0.15, -0.1) is 11.3 Å². The fourth-order valence-corrected chi connectivity index (χ4v) is 4.15. The second-order valence-electron chi connectivity index (χ2n) is 6.67. The molecular formula is C20H21NO3S. The fraction of sp³-hybridized carbons (Fsp3) is 0.300. The predicted molar refractivity (Wildman–Crippen MR) is 100.0 cm³/mol. The van der Waals surface area contributed by atoms with Gasteiger partial charge in [-0.25, -0.2) is 0 Å². The van der Waals surface area contributed by atoms with Crippen LogP contribution in [0.5, 0.6) is 0 Å². The van der Waals surface area contributed by atoms with Crippen molar-refractivity contribution in [3.05, 3.63) is 63.0 Å². The van der Waals surface area contributed by atoms with Gasteiger partial charge < -0.3 is 5.11 Å². The third-order valence-electron chi connectivity index (χ3n) is 4.43. The zero-order valence-corrected chi connectivity index (χ0v) is 15.6. The van der Waals surface area contributed by atoms with E-state index in [2.05, 4.69) is 0 Å². The van der Waals surface area contributed by atoms with Crippen molar-refractivity contribution in [3.63, 3.8) is 0 Å². The molecule has 4 nitrogen and oxygen atoms in total. The Bertz CT molecular complexity index is 879. The molecule has 1 aliphatic rings. The van der Waals surface area contributed by atoms with E-state index < -0.39 is 17.7 Å². The van der Waals surface area contributed by atoms with Gasteiger partial charge in [0.05, 0.1) is 5.57 Å². The number of rotatable bonds is 4. The number of hydrogen-bond donors (Lipinski definition) is 1. The highest BCUT2D eigenvalue weighted by molar-refractivity contribution is 7.10. The number of aliphatic hydroxyl groups is 1. The van der Waals surface area contributed by atoms with Gasteiger partial charge in [0.1, 0.15) is 6.04 Å². The molecule has 0 bridgehead atoms. The third-order valence-corrected chi connectivity index (χ3v) is 5.50. The minimum absolute atomic E-state index is 0.196. The molecule has 0 spiro atoms. The molecule has 1 atom stereocenters. The largest absolute Gasteiger partial charge is 0.503 e. The Morgan fingerprint density at radius 1 is 1.24 bits per heavy atom.